The molecule has 0 atom stereocenters. The lowest BCUT2D eigenvalue weighted by Crippen LogP contribution is -2.20. The SMILES string of the molecule is CC(C)c1ccc(-c2noc(-c3ccccc3OCC(N)=O)n2)cc1. The summed E-state index contributed by atoms with van der Waals surface area (Å²) in [6, 6.07) is 15.2. The smallest absolute Gasteiger partial charge is 0.262 e. The van der Waals surface area contributed by atoms with Crippen molar-refractivity contribution in [2.75, 3.05) is 6.61 Å². The van der Waals surface area contributed by atoms with Crippen molar-refractivity contribution in [1.82, 2.24) is 10.1 Å². The number of hydrogen-bond acceptors (Lipinski definition) is 5. The molecule has 6 heteroatoms. The van der Waals surface area contributed by atoms with E-state index in [1.165, 1.54) is 5.56 Å². The minimum atomic E-state index is -0.550. The van der Waals surface area contributed by atoms with Crippen LogP contribution in [0.2, 0.25) is 0 Å². The summed E-state index contributed by atoms with van der Waals surface area (Å²) in [7, 11) is 0. The van der Waals surface area contributed by atoms with E-state index in [1.807, 2.05) is 18.2 Å². The molecule has 128 valence electrons. The van der Waals surface area contributed by atoms with Crippen LogP contribution in [0.25, 0.3) is 22.8 Å². The van der Waals surface area contributed by atoms with Crippen LogP contribution in [0.15, 0.2) is 53.1 Å². The fraction of sp³-hybridized carbons (Fsp3) is 0.211. The van der Waals surface area contributed by atoms with Gasteiger partial charge in [-0.3, -0.25) is 4.79 Å². The van der Waals surface area contributed by atoms with Crippen LogP contribution in [0.3, 0.4) is 0 Å². The van der Waals surface area contributed by atoms with E-state index in [0.717, 1.165) is 5.56 Å². The lowest BCUT2D eigenvalue weighted by molar-refractivity contribution is -0.119. The number of nitrogens with two attached hydrogens (primary N) is 1. The van der Waals surface area contributed by atoms with Crippen molar-refractivity contribution in [1.29, 1.82) is 0 Å². The van der Waals surface area contributed by atoms with Crippen molar-refractivity contribution in [3.05, 3.63) is 54.1 Å². The van der Waals surface area contributed by atoms with E-state index in [-0.39, 0.29) is 6.61 Å². The van der Waals surface area contributed by atoms with Gasteiger partial charge in [-0.15, -0.1) is 0 Å². The number of carbonyl (C=O) groups excluding carboxylic acids is 1. The fourth-order valence-electron chi connectivity index (χ4n) is 2.39. The number of aromatic nitrogens is 2. The van der Waals surface area contributed by atoms with Crippen LogP contribution in [0.4, 0.5) is 0 Å². The van der Waals surface area contributed by atoms with Gasteiger partial charge in [0.2, 0.25) is 5.82 Å². The Balaban J connectivity index is 1.87. The average molecular weight is 337 g/mol. The molecule has 2 N–H and O–H groups in total. The fourth-order valence-corrected chi connectivity index (χ4v) is 2.39. The molecule has 1 amide bonds. The quantitative estimate of drug-likeness (QED) is 0.744. The summed E-state index contributed by atoms with van der Waals surface area (Å²) < 4.78 is 10.8. The summed E-state index contributed by atoms with van der Waals surface area (Å²) in [5.41, 5.74) is 7.86. The third kappa shape index (κ3) is 3.85. The number of hydrogen-bond donors (Lipinski definition) is 1. The molecule has 3 rings (SSSR count). The molecular formula is C19H19N3O3. The molecule has 1 aromatic heterocycles. The summed E-state index contributed by atoms with van der Waals surface area (Å²) in [4.78, 5) is 15.4. The largest absolute Gasteiger partial charge is 0.483 e. The molecule has 0 aliphatic carbocycles. The van der Waals surface area contributed by atoms with Gasteiger partial charge in [-0.25, -0.2) is 0 Å². The molecule has 2 aromatic carbocycles. The van der Waals surface area contributed by atoms with E-state index < -0.39 is 5.91 Å². The number of nitrogens with zero attached hydrogens (tertiary/aromatic N) is 2. The first-order valence-corrected chi connectivity index (χ1v) is 7.99. The Labute approximate surface area is 145 Å². The first-order chi connectivity index (χ1) is 12.0. The second kappa shape index (κ2) is 7.17. The molecule has 3 aromatic rings. The number of para-hydroxylation sites is 1. The third-order valence-corrected chi connectivity index (χ3v) is 3.75. The van der Waals surface area contributed by atoms with Crippen molar-refractivity contribution in [3.63, 3.8) is 0 Å². The van der Waals surface area contributed by atoms with Gasteiger partial charge in [-0.05, 0) is 23.6 Å². The van der Waals surface area contributed by atoms with Gasteiger partial charge in [0.25, 0.3) is 11.8 Å². The molecule has 6 nitrogen and oxygen atoms in total. The van der Waals surface area contributed by atoms with Gasteiger partial charge in [0.15, 0.2) is 6.61 Å². The predicted octanol–water partition coefficient (Wildman–Crippen LogP) is 3.39. The maximum Gasteiger partial charge on any atom is 0.262 e. The standard InChI is InChI=1S/C19H19N3O3/c1-12(2)13-7-9-14(10-8-13)18-21-19(25-22-18)15-5-3-4-6-16(15)24-11-17(20)23/h3-10,12H,11H2,1-2H3,(H2,20,23). The summed E-state index contributed by atoms with van der Waals surface area (Å²) in [6.45, 7) is 4.07. The van der Waals surface area contributed by atoms with Crippen LogP contribution in [-0.2, 0) is 4.79 Å². The van der Waals surface area contributed by atoms with Crippen LogP contribution >= 0.6 is 0 Å². The van der Waals surface area contributed by atoms with Crippen molar-refractivity contribution < 1.29 is 14.1 Å². The van der Waals surface area contributed by atoms with E-state index >= 15 is 0 Å². The third-order valence-electron chi connectivity index (χ3n) is 3.75. The second-order valence-electron chi connectivity index (χ2n) is 5.95. The van der Waals surface area contributed by atoms with E-state index in [0.29, 0.717) is 28.9 Å². The highest BCUT2D eigenvalue weighted by atomic mass is 16.5. The monoisotopic (exact) mass is 337 g/mol. The molecule has 25 heavy (non-hydrogen) atoms. The van der Waals surface area contributed by atoms with Crippen LogP contribution in [0.5, 0.6) is 5.75 Å². The molecule has 0 unspecified atom stereocenters. The minimum Gasteiger partial charge on any atom is -0.483 e. The molecule has 1 heterocycles. The van der Waals surface area contributed by atoms with E-state index in [1.54, 1.807) is 18.2 Å². The first kappa shape index (κ1) is 16.7. The Bertz CT molecular complexity index is 870. The van der Waals surface area contributed by atoms with Crippen LogP contribution < -0.4 is 10.5 Å². The van der Waals surface area contributed by atoms with Crippen molar-refractivity contribution in [2.45, 2.75) is 19.8 Å². The van der Waals surface area contributed by atoms with E-state index in [4.69, 9.17) is 15.0 Å². The molecule has 0 spiro atoms. The second-order valence-corrected chi connectivity index (χ2v) is 5.95. The van der Waals surface area contributed by atoms with Gasteiger partial charge in [-0.2, -0.15) is 4.98 Å². The zero-order chi connectivity index (χ0) is 17.8. The Hall–Kier alpha value is -3.15. The van der Waals surface area contributed by atoms with Gasteiger partial charge < -0.3 is 15.0 Å². The number of benzene rings is 2. The minimum absolute atomic E-state index is 0.214. The Morgan fingerprint density at radius 1 is 1.16 bits per heavy atom. The summed E-state index contributed by atoms with van der Waals surface area (Å²) in [6.07, 6.45) is 0. The van der Waals surface area contributed by atoms with E-state index in [9.17, 15) is 4.79 Å². The molecule has 0 saturated heterocycles. The zero-order valence-electron chi connectivity index (χ0n) is 14.1. The summed E-state index contributed by atoms with van der Waals surface area (Å²) in [5.74, 6) is 1.19. The molecular weight excluding hydrogens is 318 g/mol. The molecule has 0 aliphatic rings. The van der Waals surface area contributed by atoms with Gasteiger partial charge >= 0.3 is 0 Å². The molecule has 0 aliphatic heterocycles. The van der Waals surface area contributed by atoms with Crippen LogP contribution in [-0.4, -0.2) is 22.7 Å². The van der Waals surface area contributed by atoms with Crippen LogP contribution in [0, 0.1) is 0 Å². The van der Waals surface area contributed by atoms with Gasteiger partial charge in [0.1, 0.15) is 5.75 Å². The average Bonchev–Trinajstić information content (AvgIpc) is 3.10. The van der Waals surface area contributed by atoms with E-state index in [2.05, 4.69) is 36.1 Å². The number of amides is 1. The van der Waals surface area contributed by atoms with Gasteiger partial charge in [-0.1, -0.05) is 55.4 Å². The number of rotatable bonds is 6. The Morgan fingerprint density at radius 3 is 2.56 bits per heavy atom. The first-order valence-electron chi connectivity index (χ1n) is 7.99. The Morgan fingerprint density at radius 2 is 1.88 bits per heavy atom. The van der Waals surface area contributed by atoms with Crippen molar-refractivity contribution in [3.8, 4) is 28.6 Å². The maximum atomic E-state index is 10.9. The molecule has 0 bridgehead atoms. The normalized spacial score (nSPS) is 10.8. The molecule has 0 saturated carbocycles. The topological polar surface area (TPSA) is 91.2 Å². The molecule has 0 fully saturated rings. The van der Waals surface area contributed by atoms with Crippen LogP contribution in [0.1, 0.15) is 25.3 Å². The molecule has 0 radical (unpaired) electrons. The highest BCUT2D eigenvalue weighted by molar-refractivity contribution is 5.76. The maximum absolute atomic E-state index is 10.9. The lowest BCUT2D eigenvalue weighted by Gasteiger charge is -2.06. The highest BCUT2D eigenvalue weighted by Crippen LogP contribution is 2.30. The number of ether oxygens (including phenoxy) is 1. The Kier molecular flexibility index (Phi) is 4.79. The summed E-state index contributed by atoms with van der Waals surface area (Å²) in [5, 5.41) is 4.04. The number of carbonyl (C=O) groups is 1. The van der Waals surface area contributed by atoms with Crippen molar-refractivity contribution >= 4 is 5.91 Å². The zero-order valence-corrected chi connectivity index (χ0v) is 14.1. The highest BCUT2D eigenvalue weighted by Gasteiger charge is 2.15. The number of primary amides is 1. The van der Waals surface area contributed by atoms with Gasteiger partial charge in [0, 0.05) is 5.56 Å². The predicted molar refractivity (Wildman–Crippen MR) is 93.9 cm³/mol. The lowest BCUT2D eigenvalue weighted by atomic mass is 10.0. The van der Waals surface area contributed by atoms with Crippen molar-refractivity contribution in [2.24, 2.45) is 5.73 Å². The van der Waals surface area contributed by atoms with Gasteiger partial charge in [0.05, 0.1) is 5.56 Å². The summed E-state index contributed by atoms with van der Waals surface area (Å²) >= 11 is 0.